The van der Waals surface area contributed by atoms with E-state index in [0.717, 1.165) is 24.8 Å². The Labute approximate surface area is 186 Å². The molecule has 0 fully saturated rings. The van der Waals surface area contributed by atoms with Crippen LogP contribution < -0.4 is 5.73 Å². The minimum absolute atomic E-state index is 0.122. The van der Waals surface area contributed by atoms with Crippen molar-refractivity contribution >= 4 is 17.2 Å². The number of carbonyl (C=O) groups excluding carboxylic acids is 1. The van der Waals surface area contributed by atoms with Crippen LogP contribution in [-0.2, 0) is 11.8 Å². The summed E-state index contributed by atoms with van der Waals surface area (Å²) in [5.74, 6) is -0.155. The molecule has 0 aliphatic rings. The summed E-state index contributed by atoms with van der Waals surface area (Å²) in [5.41, 5.74) is 10.1. The predicted molar refractivity (Wildman–Crippen MR) is 128 cm³/mol. The smallest absolute Gasteiger partial charge is 0.259 e. The van der Waals surface area contributed by atoms with Gasteiger partial charge in [0, 0.05) is 10.3 Å². The van der Waals surface area contributed by atoms with Gasteiger partial charge >= 0.3 is 0 Å². The molecule has 0 aliphatic carbocycles. The molecule has 4 heteroatoms. The lowest BCUT2D eigenvalue weighted by Gasteiger charge is -2.33. The molecule has 1 amide bonds. The van der Waals surface area contributed by atoms with Gasteiger partial charge in [0.1, 0.15) is 0 Å². The Morgan fingerprint density at radius 1 is 1.10 bits per heavy atom. The fraction of sp³-hybridized carbons (Fsp3) is 0.577. The van der Waals surface area contributed by atoms with Gasteiger partial charge in [-0.1, -0.05) is 59.7 Å². The number of aliphatic hydroxyl groups excluding tert-OH is 1. The molecular weight excluding hydrogens is 390 g/mol. The third kappa shape index (κ3) is 4.81. The molecule has 0 saturated carbocycles. The maximum atomic E-state index is 11.8. The van der Waals surface area contributed by atoms with Crippen LogP contribution in [0.3, 0.4) is 0 Å². The number of thiophene rings is 1. The lowest BCUT2D eigenvalue weighted by atomic mass is 9.73. The van der Waals surface area contributed by atoms with Crippen molar-refractivity contribution in [2.75, 3.05) is 0 Å². The molecule has 166 valence electrons. The molecule has 30 heavy (non-hydrogen) atoms. The first kappa shape index (κ1) is 24.6. The highest BCUT2D eigenvalue weighted by Gasteiger charge is 2.34. The number of amides is 1. The zero-order valence-electron chi connectivity index (χ0n) is 19.9. The highest BCUT2D eigenvalue weighted by atomic mass is 32.1. The fourth-order valence-corrected chi connectivity index (χ4v) is 6.02. The monoisotopic (exact) mass is 429 g/mol. The average Bonchev–Trinajstić information content (AvgIpc) is 3.06. The van der Waals surface area contributed by atoms with E-state index in [2.05, 4.69) is 72.7 Å². The molecular formula is C26H39NO2S. The fourth-order valence-electron chi connectivity index (χ4n) is 4.65. The third-order valence-corrected chi connectivity index (χ3v) is 8.14. The van der Waals surface area contributed by atoms with E-state index in [0.29, 0.717) is 4.88 Å². The molecule has 0 aliphatic heterocycles. The van der Waals surface area contributed by atoms with E-state index < -0.39 is 0 Å². The first-order chi connectivity index (χ1) is 13.9. The molecule has 1 heterocycles. The standard InChI is InChI=1S/C26H39NO2S/c1-9-26(10-2,21-15-17(4)22(30-21)24(27)29)20-12-11-19(16(3)14-20)13-18(5)23(28)25(6,7)8/h11-12,14-15,18,23,28H,9-10,13H2,1-8H3,(H2,27,29). The summed E-state index contributed by atoms with van der Waals surface area (Å²) in [6.45, 7) is 17.0. The number of carbonyl (C=O) groups is 1. The van der Waals surface area contributed by atoms with Crippen molar-refractivity contribution in [3.05, 3.63) is 56.3 Å². The van der Waals surface area contributed by atoms with Crippen LogP contribution in [0.1, 0.15) is 91.2 Å². The van der Waals surface area contributed by atoms with Gasteiger partial charge in [0.2, 0.25) is 0 Å². The number of rotatable bonds is 8. The molecule has 0 radical (unpaired) electrons. The van der Waals surface area contributed by atoms with E-state index in [9.17, 15) is 9.90 Å². The second-order valence-corrected chi connectivity index (χ2v) is 11.0. The van der Waals surface area contributed by atoms with E-state index in [4.69, 9.17) is 5.73 Å². The third-order valence-electron chi connectivity index (χ3n) is 6.68. The molecule has 2 atom stereocenters. The molecule has 3 N–H and O–H groups in total. The lowest BCUT2D eigenvalue weighted by molar-refractivity contribution is 0.0182. The summed E-state index contributed by atoms with van der Waals surface area (Å²) in [5, 5.41) is 10.7. The Hall–Kier alpha value is -1.65. The minimum atomic E-state index is -0.345. The number of aryl methyl sites for hydroxylation is 2. The number of benzene rings is 1. The van der Waals surface area contributed by atoms with Crippen LogP contribution in [0.4, 0.5) is 0 Å². The van der Waals surface area contributed by atoms with Crippen molar-refractivity contribution in [1.82, 2.24) is 0 Å². The van der Waals surface area contributed by atoms with Crippen LogP contribution in [0.2, 0.25) is 0 Å². The van der Waals surface area contributed by atoms with Crippen molar-refractivity contribution in [3.8, 4) is 0 Å². The maximum absolute atomic E-state index is 11.8. The van der Waals surface area contributed by atoms with Gasteiger partial charge in [0.05, 0.1) is 11.0 Å². The van der Waals surface area contributed by atoms with E-state index in [1.165, 1.54) is 32.9 Å². The van der Waals surface area contributed by atoms with Gasteiger partial charge in [-0.25, -0.2) is 0 Å². The minimum Gasteiger partial charge on any atom is -0.392 e. The summed E-state index contributed by atoms with van der Waals surface area (Å²) >= 11 is 1.54. The zero-order valence-corrected chi connectivity index (χ0v) is 20.7. The number of aliphatic hydroxyl groups is 1. The van der Waals surface area contributed by atoms with E-state index in [1.807, 2.05) is 6.92 Å². The van der Waals surface area contributed by atoms with Gasteiger partial charge in [-0.2, -0.15) is 0 Å². The summed E-state index contributed by atoms with van der Waals surface area (Å²) in [6.07, 6.45) is 2.43. The molecule has 0 saturated heterocycles. The summed E-state index contributed by atoms with van der Waals surface area (Å²) in [4.78, 5) is 13.7. The van der Waals surface area contributed by atoms with Crippen molar-refractivity contribution in [1.29, 1.82) is 0 Å². The van der Waals surface area contributed by atoms with Gasteiger partial charge in [-0.3, -0.25) is 4.79 Å². The Bertz CT molecular complexity index is 887. The molecule has 0 bridgehead atoms. The Morgan fingerprint density at radius 2 is 1.70 bits per heavy atom. The van der Waals surface area contributed by atoms with Gasteiger partial charge in [0.15, 0.2) is 0 Å². The number of nitrogens with two attached hydrogens (primary N) is 1. The van der Waals surface area contributed by atoms with Gasteiger partial charge < -0.3 is 10.8 Å². The number of hydrogen-bond donors (Lipinski definition) is 2. The highest BCUT2D eigenvalue weighted by molar-refractivity contribution is 7.14. The topological polar surface area (TPSA) is 63.3 Å². The molecule has 0 spiro atoms. The van der Waals surface area contributed by atoms with Gasteiger partial charge in [0.25, 0.3) is 5.91 Å². The van der Waals surface area contributed by atoms with Crippen molar-refractivity contribution in [2.24, 2.45) is 17.1 Å². The number of hydrogen-bond acceptors (Lipinski definition) is 3. The van der Waals surface area contributed by atoms with Crippen LogP contribution in [-0.4, -0.2) is 17.1 Å². The van der Waals surface area contributed by atoms with Crippen molar-refractivity contribution in [2.45, 2.75) is 86.2 Å². The van der Waals surface area contributed by atoms with Crippen LogP contribution in [0.25, 0.3) is 0 Å². The van der Waals surface area contributed by atoms with Crippen LogP contribution in [0.15, 0.2) is 24.3 Å². The van der Waals surface area contributed by atoms with E-state index >= 15 is 0 Å². The van der Waals surface area contributed by atoms with Crippen LogP contribution in [0.5, 0.6) is 0 Å². The Morgan fingerprint density at radius 3 is 2.13 bits per heavy atom. The van der Waals surface area contributed by atoms with Gasteiger partial charge in [-0.15, -0.1) is 11.3 Å². The highest BCUT2D eigenvalue weighted by Crippen LogP contribution is 2.44. The summed E-state index contributed by atoms with van der Waals surface area (Å²) < 4.78 is 0. The normalized spacial score (nSPS) is 14.6. The second-order valence-electron chi connectivity index (χ2n) is 9.91. The molecule has 1 aromatic heterocycles. The maximum Gasteiger partial charge on any atom is 0.259 e. The van der Waals surface area contributed by atoms with E-state index in [-0.39, 0.29) is 28.8 Å². The summed E-state index contributed by atoms with van der Waals surface area (Å²) in [6, 6.07) is 8.91. The number of primary amides is 1. The quantitative estimate of drug-likeness (QED) is 0.528. The Balaban J connectivity index is 2.43. The molecule has 1 aromatic carbocycles. The second kappa shape index (κ2) is 9.23. The average molecular weight is 430 g/mol. The zero-order chi connectivity index (χ0) is 22.9. The van der Waals surface area contributed by atoms with Crippen LogP contribution >= 0.6 is 11.3 Å². The molecule has 3 nitrogen and oxygen atoms in total. The van der Waals surface area contributed by atoms with Crippen molar-refractivity contribution < 1.29 is 9.90 Å². The van der Waals surface area contributed by atoms with E-state index in [1.54, 1.807) is 0 Å². The van der Waals surface area contributed by atoms with Gasteiger partial charge in [-0.05, 0) is 72.8 Å². The molecule has 2 aromatic rings. The SMILES string of the molecule is CCC(CC)(c1ccc(CC(C)C(O)C(C)(C)C)c(C)c1)c1cc(C)c(C(N)=O)s1. The van der Waals surface area contributed by atoms with Crippen molar-refractivity contribution in [3.63, 3.8) is 0 Å². The largest absolute Gasteiger partial charge is 0.392 e. The first-order valence-electron chi connectivity index (χ1n) is 11.1. The summed E-state index contributed by atoms with van der Waals surface area (Å²) in [7, 11) is 0. The van der Waals surface area contributed by atoms with Crippen LogP contribution in [0, 0.1) is 25.2 Å². The Kier molecular flexibility index (Phi) is 7.58. The molecule has 2 rings (SSSR count). The molecule has 2 unspecified atom stereocenters. The predicted octanol–water partition coefficient (Wildman–Crippen LogP) is 6.16. The first-order valence-corrected chi connectivity index (χ1v) is 11.9. The lowest BCUT2D eigenvalue weighted by Crippen LogP contribution is -2.33.